The van der Waals surface area contributed by atoms with E-state index in [0.29, 0.717) is 26.1 Å². The molecule has 0 spiro atoms. The van der Waals surface area contributed by atoms with E-state index in [1.54, 1.807) is 6.20 Å². The van der Waals surface area contributed by atoms with Gasteiger partial charge in [-0.1, -0.05) is 49.4 Å². The van der Waals surface area contributed by atoms with Crippen LogP contribution in [0.2, 0.25) is 0 Å². The van der Waals surface area contributed by atoms with Crippen molar-refractivity contribution in [3.63, 3.8) is 0 Å². The maximum atomic E-state index is 13.2. The molecule has 4 aromatic rings. The van der Waals surface area contributed by atoms with Crippen molar-refractivity contribution in [1.29, 1.82) is 0 Å². The van der Waals surface area contributed by atoms with Gasteiger partial charge < -0.3 is 9.47 Å². The van der Waals surface area contributed by atoms with E-state index in [-0.39, 0.29) is 5.91 Å². The van der Waals surface area contributed by atoms with Gasteiger partial charge in [-0.3, -0.25) is 9.78 Å². The molecule has 4 rings (SSSR count). The first-order valence-corrected chi connectivity index (χ1v) is 10.4. The highest BCUT2D eigenvalue weighted by Crippen LogP contribution is 2.15. The van der Waals surface area contributed by atoms with Crippen LogP contribution in [0.15, 0.2) is 79.4 Å². The summed E-state index contributed by atoms with van der Waals surface area (Å²) < 4.78 is 2.05. The zero-order valence-electron chi connectivity index (χ0n) is 17.2. The normalized spacial score (nSPS) is 11.0. The SMILES string of the molecule is CCc1ccc(CN(Cc2cccnc2)C(=O)CCn2cnc3ccccc32)cc1. The number of hydrogen-bond donors (Lipinski definition) is 0. The molecule has 2 aromatic heterocycles. The minimum absolute atomic E-state index is 0.121. The highest BCUT2D eigenvalue weighted by Gasteiger charge is 2.15. The van der Waals surface area contributed by atoms with Gasteiger partial charge in [-0.2, -0.15) is 0 Å². The first-order valence-electron chi connectivity index (χ1n) is 10.4. The lowest BCUT2D eigenvalue weighted by molar-refractivity contribution is -0.132. The fraction of sp³-hybridized carbons (Fsp3) is 0.240. The van der Waals surface area contributed by atoms with Crippen molar-refractivity contribution in [3.05, 3.63) is 96.1 Å². The van der Waals surface area contributed by atoms with Crippen LogP contribution in [-0.4, -0.2) is 25.3 Å². The maximum Gasteiger partial charge on any atom is 0.224 e. The summed E-state index contributed by atoms with van der Waals surface area (Å²) in [7, 11) is 0. The van der Waals surface area contributed by atoms with Gasteiger partial charge in [-0.15, -0.1) is 0 Å². The second-order valence-corrected chi connectivity index (χ2v) is 7.46. The molecule has 0 N–H and O–H groups in total. The zero-order chi connectivity index (χ0) is 20.8. The number of benzene rings is 2. The smallest absolute Gasteiger partial charge is 0.224 e. The van der Waals surface area contributed by atoms with Gasteiger partial charge in [0.1, 0.15) is 0 Å². The number of pyridine rings is 1. The molecule has 152 valence electrons. The van der Waals surface area contributed by atoms with Crippen LogP contribution in [0.1, 0.15) is 30.0 Å². The fourth-order valence-corrected chi connectivity index (χ4v) is 3.61. The third-order valence-electron chi connectivity index (χ3n) is 5.35. The Morgan fingerprint density at radius 2 is 1.70 bits per heavy atom. The first kappa shape index (κ1) is 19.8. The lowest BCUT2D eigenvalue weighted by Crippen LogP contribution is -2.30. The molecule has 0 aliphatic rings. The van der Waals surface area contributed by atoms with Crippen LogP contribution in [0.3, 0.4) is 0 Å². The van der Waals surface area contributed by atoms with Gasteiger partial charge in [-0.05, 0) is 41.3 Å². The van der Waals surface area contributed by atoms with Gasteiger partial charge in [0.2, 0.25) is 5.91 Å². The van der Waals surface area contributed by atoms with Crippen molar-refractivity contribution in [1.82, 2.24) is 19.4 Å². The molecule has 0 saturated carbocycles. The van der Waals surface area contributed by atoms with E-state index < -0.39 is 0 Å². The lowest BCUT2D eigenvalue weighted by Gasteiger charge is -2.23. The van der Waals surface area contributed by atoms with Gasteiger partial charge in [0.05, 0.1) is 17.4 Å². The second-order valence-electron chi connectivity index (χ2n) is 7.46. The monoisotopic (exact) mass is 398 g/mol. The summed E-state index contributed by atoms with van der Waals surface area (Å²) in [5, 5.41) is 0. The van der Waals surface area contributed by atoms with E-state index in [1.807, 2.05) is 58.4 Å². The number of hydrogen-bond acceptors (Lipinski definition) is 3. The van der Waals surface area contributed by atoms with E-state index in [9.17, 15) is 4.79 Å². The summed E-state index contributed by atoms with van der Waals surface area (Å²) in [5.41, 5.74) is 5.48. The molecule has 2 heterocycles. The lowest BCUT2D eigenvalue weighted by atomic mass is 10.1. The number of fused-ring (bicyclic) bond motifs is 1. The summed E-state index contributed by atoms with van der Waals surface area (Å²) >= 11 is 0. The van der Waals surface area contributed by atoms with Gasteiger partial charge in [0, 0.05) is 38.4 Å². The third kappa shape index (κ3) is 4.74. The Balaban J connectivity index is 1.49. The summed E-state index contributed by atoms with van der Waals surface area (Å²) in [6.07, 6.45) is 6.82. The van der Waals surface area contributed by atoms with Crippen molar-refractivity contribution in [2.24, 2.45) is 0 Å². The largest absolute Gasteiger partial charge is 0.334 e. The van der Waals surface area contributed by atoms with Crippen LogP contribution in [0, 0.1) is 0 Å². The van der Waals surface area contributed by atoms with Crippen molar-refractivity contribution >= 4 is 16.9 Å². The average molecular weight is 399 g/mol. The van der Waals surface area contributed by atoms with E-state index in [0.717, 1.165) is 28.6 Å². The summed E-state index contributed by atoms with van der Waals surface area (Å²) in [5.74, 6) is 0.121. The predicted octanol–water partition coefficient (Wildman–Crippen LogP) is 4.61. The molecule has 0 fully saturated rings. The molecule has 0 aliphatic carbocycles. The average Bonchev–Trinajstić information content (AvgIpc) is 3.21. The highest BCUT2D eigenvalue weighted by atomic mass is 16.2. The summed E-state index contributed by atoms with van der Waals surface area (Å²) in [4.78, 5) is 23.7. The Morgan fingerprint density at radius 1 is 0.933 bits per heavy atom. The van der Waals surface area contributed by atoms with Crippen LogP contribution in [0.25, 0.3) is 11.0 Å². The molecule has 0 atom stereocenters. The molecular formula is C25H26N4O. The standard InChI is InChI=1S/C25H26N4O/c1-2-20-9-11-21(12-10-20)17-29(18-22-6-5-14-26-16-22)25(30)13-15-28-19-27-23-7-3-4-8-24(23)28/h3-12,14,16,19H,2,13,15,17-18H2,1H3. The van der Waals surface area contributed by atoms with Crippen molar-refractivity contribution in [2.75, 3.05) is 0 Å². The first-order chi connectivity index (χ1) is 14.7. The molecule has 0 unspecified atom stereocenters. The molecule has 0 saturated heterocycles. The quantitative estimate of drug-likeness (QED) is 0.435. The number of imidazole rings is 1. The van der Waals surface area contributed by atoms with Crippen molar-refractivity contribution < 1.29 is 4.79 Å². The molecule has 30 heavy (non-hydrogen) atoms. The predicted molar refractivity (Wildman–Crippen MR) is 119 cm³/mol. The molecule has 0 bridgehead atoms. The van der Waals surface area contributed by atoms with Crippen LogP contribution < -0.4 is 0 Å². The highest BCUT2D eigenvalue weighted by molar-refractivity contribution is 5.77. The van der Waals surface area contributed by atoms with Crippen LogP contribution in [0.4, 0.5) is 0 Å². The zero-order valence-corrected chi connectivity index (χ0v) is 17.2. The fourth-order valence-electron chi connectivity index (χ4n) is 3.61. The Morgan fingerprint density at radius 3 is 2.47 bits per heavy atom. The molecule has 0 radical (unpaired) electrons. The number of para-hydroxylation sites is 2. The topological polar surface area (TPSA) is 51.0 Å². The van der Waals surface area contributed by atoms with Gasteiger partial charge in [-0.25, -0.2) is 4.98 Å². The number of amides is 1. The van der Waals surface area contributed by atoms with Crippen LogP contribution in [0.5, 0.6) is 0 Å². The number of carbonyl (C=O) groups excluding carboxylic acids is 1. The Bertz CT molecular complexity index is 1100. The molecule has 1 amide bonds. The Labute approximate surface area is 177 Å². The minimum atomic E-state index is 0.121. The summed E-state index contributed by atoms with van der Waals surface area (Å²) in [6, 6.07) is 20.4. The molecule has 0 aliphatic heterocycles. The Kier molecular flexibility index (Phi) is 6.18. The molecule has 5 heteroatoms. The van der Waals surface area contributed by atoms with Gasteiger partial charge >= 0.3 is 0 Å². The third-order valence-corrected chi connectivity index (χ3v) is 5.35. The van der Waals surface area contributed by atoms with Crippen LogP contribution >= 0.6 is 0 Å². The minimum Gasteiger partial charge on any atom is -0.334 e. The number of rotatable bonds is 8. The Hall–Kier alpha value is -3.47. The van der Waals surface area contributed by atoms with E-state index >= 15 is 0 Å². The van der Waals surface area contributed by atoms with E-state index in [2.05, 4.69) is 41.2 Å². The second kappa shape index (κ2) is 9.35. The molecule has 2 aromatic carbocycles. The van der Waals surface area contributed by atoms with E-state index in [1.165, 1.54) is 5.56 Å². The van der Waals surface area contributed by atoms with Crippen LogP contribution in [-0.2, 0) is 30.8 Å². The molecule has 5 nitrogen and oxygen atoms in total. The number of aromatic nitrogens is 3. The number of aryl methyl sites for hydroxylation is 2. The van der Waals surface area contributed by atoms with Gasteiger partial charge in [0.15, 0.2) is 0 Å². The summed E-state index contributed by atoms with van der Waals surface area (Å²) in [6.45, 7) is 3.89. The number of nitrogens with zero attached hydrogens (tertiary/aromatic N) is 4. The van der Waals surface area contributed by atoms with Crippen molar-refractivity contribution in [3.8, 4) is 0 Å². The number of carbonyl (C=O) groups is 1. The van der Waals surface area contributed by atoms with Crippen molar-refractivity contribution in [2.45, 2.75) is 39.4 Å². The van der Waals surface area contributed by atoms with E-state index in [4.69, 9.17) is 0 Å². The molecular weight excluding hydrogens is 372 g/mol. The maximum absolute atomic E-state index is 13.2. The van der Waals surface area contributed by atoms with Gasteiger partial charge in [0.25, 0.3) is 0 Å².